The number of carbonyl (C=O) groups excluding carboxylic acids is 2. The fourth-order valence-corrected chi connectivity index (χ4v) is 3.15. The largest absolute Gasteiger partial charge is 0.480 e. The van der Waals surface area contributed by atoms with E-state index in [1.807, 2.05) is 0 Å². The van der Waals surface area contributed by atoms with Gasteiger partial charge in [0.2, 0.25) is 5.91 Å². The van der Waals surface area contributed by atoms with Gasteiger partial charge in [-0.15, -0.1) is 0 Å². The van der Waals surface area contributed by atoms with Gasteiger partial charge in [-0.25, -0.2) is 9.59 Å². The van der Waals surface area contributed by atoms with Crippen LogP contribution in [-0.2, 0) is 9.59 Å². The minimum absolute atomic E-state index is 0.00467. The Kier molecular flexibility index (Phi) is 4.46. The van der Waals surface area contributed by atoms with E-state index in [9.17, 15) is 14.4 Å². The van der Waals surface area contributed by atoms with Crippen LogP contribution in [0.15, 0.2) is 0 Å². The van der Waals surface area contributed by atoms with E-state index in [-0.39, 0.29) is 18.6 Å². The molecule has 0 radical (unpaired) electrons. The number of hydrogen-bond donors (Lipinski definition) is 2. The van der Waals surface area contributed by atoms with Crippen LogP contribution >= 0.6 is 0 Å². The SMILES string of the molecule is NC(=O)CN(C(=O)N1CCC[C@@H]1C(=O)O)C1CCCC1. The van der Waals surface area contributed by atoms with Crippen molar-refractivity contribution in [1.82, 2.24) is 9.80 Å². The number of urea groups is 1. The molecule has 7 nitrogen and oxygen atoms in total. The first-order valence-electron chi connectivity index (χ1n) is 7.09. The third-order valence-corrected chi connectivity index (χ3v) is 4.12. The monoisotopic (exact) mass is 283 g/mol. The van der Waals surface area contributed by atoms with Crippen molar-refractivity contribution in [1.29, 1.82) is 0 Å². The molecule has 3 N–H and O–H groups in total. The van der Waals surface area contributed by atoms with E-state index >= 15 is 0 Å². The van der Waals surface area contributed by atoms with E-state index < -0.39 is 17.9 Å². The van der Waals surface area contributed by atoms with Crippen molar-refractivity contribution in [2.45, 2.75) is 50.6 Å². The highest BCUT2D eigenvalue weighted by molar-refractivity contribution is 5.86. The second kappa shape index (κ2) is 6.11. The van der Waals surface area contributed by atoms with E-state index in [1.165, 1.54) is 9.80 Å². The highest BCUT2D eigenvalue weighted by Crippen LogP contribution is 2.26. The summed E-state index contributed by atoms with van der Waals surface area (Å²) in [4.78, 5) is 37.8. The Balaban J connectivity index is 2.12. The van der Waals surface area contributed by atoms with E-state index in [1.54, 1.807) is 0 Å². The molecule has 1 atom stereocenters. The molecule has 0 aromatic carbocycles. The predicted molar refractivity (Wildman–Crippen MR) is 70.9 cm³/mol. The molecule has 1 saturated carbocycles. The summed E-state index contributed by atoms with van der Waals surface area (Å²) in [6.07, 6.45) is 4.90. The number of nitrogens with two attached hydrogens (primary N) is 1. The molecule has 0 aromatic heterocycles. The van der Waals surface area contributed by atoms with Gasteiger partial charge >= 0.3 is 12.0 Å². The molecule has 1 aliphatic heterocycles. The Bertz CT molecular complexity index is 406. The first-order valence-corrected chi connectivity index (χ1v) is 7.09. The fraction of sp³-hybridized carbons (Fsp3) is 0.769. The van der Waals surface area contributed by atoms with Crippen molar-refractivity contribution < 1.29 is 19.5 Å². The van der Waals surface area contributed by atoms with Crippen LogP contribution in [0.2, 0.25) is 0 Å². The Morgan fingerprint density at radius 2 is 1.80 bits per heavy atom. The summed E-state index contributed by atoms with van der Waals surface area (Å²) >= 11 is 0. The molecule has 7 heteroatoms. The summed E-state index contributed by atoms with van der Waals surface area (Å²) in [5.41, 5.74) is 5.22. The number of carbonyl (C=O) groups is 3. The highest BCUT2D eigenvalue weighted by Gasteiger charge is 2.39. The van der Waals surface area contributed by atoms with Gasteiger partial charge in [-0.1, -0.05) is 12.8 Å². The standard InChI is InChI=1S/C13H21N3O4/c14-11(17)8-16(9-4-1-2-5-9)13(20)15-7-3-6-10(15)12(18)19/h9-10H,1-8H2,(H2,14,17)(H,18,19)/t10-/m1/s1. The molecule has 2 aliphatic rings. The van der Waals surface area contributed by atoms with Crippen molar-refractivity contribution >= 4 is 17.9 Å². The normalized spacial score (nSPS) is 23.0. The topological polar surface area (TPSA) is 104 Å². The van der Waals surface area contributed by atoms with Gasteiger partial charge in [0.25, 0.3) is 0 Å². The zero-order chi connectivity index (χ0) is 14.7. The van der Waals surface area contributed by atoms with Gasteiger partial charge < -0.3 is 20.6 Å². The summed E-state index contributed by atoms with van der Waals surface area (Å²) in [6.45, 7) is 0.296. The van der Waals surface area contributed by atoms with E-state index in [4.69, 9.17) is 10.8 Å². The van der Waals surface area contributed by atoms with Crippen LogP contribution in [0.1, 0.15) is 38.5 Å². The van der Waals surface area contributed by atoms with Crippen LogP contribution in [0, 0.1) is 0 Å². The Morgan fingerprint density at radius 1 is 1.15 bits per heavy atom. The molecule has 0 unspecified atom stereocenters. The third-order valence-electron chi connectivity index (χ3n) is 4.12. The third kappa shape index (κ3) is 3.02. The molecule has 3 amide bonds. The van der Waals surface area contributed by atoms with E-state index in [2.05, 4.69) is 0 Å². The maximum Gasteiger partial charge on any atom is 0.326 e. The van der Waals surface area contributed by atoms with Crippen molar-refractivity contribution in [3.63, 3.8) is 0 Å². The predicted octanol–water partition coefficient (Wildman–Crippen LogP) is 0.385. The van der Waals surface area contributed by atoms with Gasteiger partial charge in [-0.3, -0.25) is 4.79 Å². The molecule has 0 aromatic rings. The number of carboxylic acid groups (broad SMARTS) is 1. The van der Waals surface area contributed by atoms with Gasteiger partial charge in [0.05, 0.1) is 0 Å². The zero-order valence-corrected chi connectivity index (χ0v) is 11.5. The lowest BCUT2D eigenvalue weighted by molar-refractivity contribution is -0.141. The number of rotatable bonds is 4. The van der Waals surface area contributed by atoms with Crippen LogP contribution in [0.3, 0.4) is 0 Å². The van der Waals surface area contributed by atoms with Crippen molar-refractivity contribution in [2.75, 3.05) is 13.1 Å². The summed E-state index contributed by atoms with van der Waals surface area (Å²) in [6, 6.07) is -1.13. The molecule has 0 bridgehead atoms. The first kappa shape index (κ1) is 14.6. The van der Waals surface area contributed by atoms with Crippen LogP contribution in [-0.4, -0.2) is 58.0 Å². The van der Waals surface area contributed by atoms with Crippen molar-refractivity contribution in [3.05, 3.63) is 0 Å². The zero-order valence-electron chi connectivity index (χ0n) is 11.5. The molecule has 1 saturated heterocycles. The number of primary amides is 1. The summed E-state index contributed by atoms with van der Waals surface area (Å²) < 4.78 is 0. The lowest BCUT2D eigenvalue weighted by Crippen LogP contribution is -2.53. The van der Waals surface area contributed by atoms with Crippen molar-refractivity contribution in [2.24, 2.45) is 5.73 Å². The number of carboxylic acids is 1. The number of aliphatic carboxylic acids is 1. The summed E-state index contributed by atoms with van der Waals surface area (Å²) in [7, 11) is 0. The van der Waals surface area contributed by atoms with Gasteiger partial charge in [0.15, 0.2) is 0 Å². The Morgan fingerprint density at radius 3 is 2.35 bits per heavy atom. The molecule has 0 spiro atoms. The highest BCUT2D eigenvalue weighted by atomic mass is 16.4. The molecule has 1 aliphatic carbocycles. The van der Waals surface area contributed by atoms with Crippen LogP contribution < -0.4 is 5.73 Å². The Labute approximate surface area is 117 Å². The van der Waals surface area contributed by atoms with Gasteiger partial charge in [-0.05, 0) is 25.7 Å². The average Bonchev–Trinajstić information content (AvgIpc) is 3.05. The summed E-state index contributed by atoms with van der Waals surface area (Å²) in [5, 5.41) is 9.16. The van der Waals surface area contributed by atoms with E-state index in [0.29, 0.717) is 19.4 Å². The minimum Gasteiger partial charge on any atom is -0.480 e. The van der Waals surface area contributed by atoms with Gasteiger partial charge in [-0.2, -0.15) is 0 Å². The maximum atomic E-state index is 12.6. The molecular weight excluding hydrogens is 262 g/mol. The molecule has 112 valence electrons. The Hall–Kier alpha value is -1.79. The molecular formula is C13H21N3O4. The number of amides is 3. The van der Waals surface area contributed by atoms with Crippen LogP contribution in [0.25, 0.3) is 0 Å². The van der Waals surface area contributed by atoms with E-state index in [0.717, 1.165) is 25.7 Å². The van der Waals surface area contributed by atoms with Gasteiger partial charge in [0, 0.05) is 12.6 Å². The minimum atomic E-state index is -0.985. The lowest BCUT2D eigenvalue weighted by Gasteiger charge is -2.33. The smallest absolute Gasteiger partial charge is 0.326 e. The molecule has 1 heterocycles. The molecule has 2 fully saturated rings. The molecule has 20 heavy (non-hydrogen) atoms. The fourth-order valence-electron chi connectivity index (χ4n) is 3.15. The average molecular weight is 283 g/mol. The van der Waals surface area contributed by atoms with Crippen molar-refractivity contribution in [3.8, 4) is 0 Å². The second-order valence-electron chi connectivity index (χ2n) is 5.50. The second-order valence-corrected chi connectivity index (χ2v) is 5.50. The quantitative estimate of drug-likeness (QED) is 0.778. The number of hydrogen-bond acceptors (Lipinski definition) is 3. The van der Waals surface area contributed by atoms with Crippen LogP contribution in [0.4, 0.5) is 4.79 Å². The summed E-state index contributed by atoms with van der Waals surface area (Å²) in [5.74, 6) is -1.54. The number of nitrogens with zero attached hydrogens (tertiary/aromatic N) is 2. The lowest BCUT2D eigenvalue weighted by atomic mass is 10.2. The van der Waals surface area contributed by atoms with Gasteiger partial charge in [0.1, 0.15) is 12.6 Å². The molecule has 2 rings (SSSR count). The number of likely N-dealkylation sites (tertiary alicyclic amines) is 1. The maximum absolute atomic E-state index is 12.6. The first-order chi connectivity index (χ1) is 9.50. The van der Waals surface area contributed by atoms with Crippen LogP contribution in [0.5, 0.6) is 0 Å².